The number of H-pyrrole nitrogens is 1. The molecule has 0 aliphatic rings. The van der Waals surface area contributed by atoms with Crippen LogP contribution >= 0.6 is 11.3 Å². The summed E-state index contributed by atoms with van der Waals surface area (Å²) in [6, 6.07) is 6.92. The fourth-order valence-corrected chi connectivity index (χ4v) is 3.31. The predicted molar refractivity (Wildman–Crippen MR) is 104 cm³/mol. The van der Waals surface area contributed by atoms with Crippen LogP contribution in [0.4, 0.5) is 36.3 Å². The van der Waals surface area contributed by atoms with E-state index in [-0.39, 0.29) is 11.6 Å². The fraction of sp³-hybridized carbons (Fsp3) is 0.0588. The van der Waals surface area contributed by atoms with Crippen LogP contribution in [-0.2, 0) is 0 Å². The van der Waals surface area contributed by atoms with Gasteiger partial charge in [0.1, 0.15) is 16.4 Å². The smallest absolute Gasteiger partial charge is 0.406 e. The Hall–Kier alpha value is -3.87. The van der Waals surface area contributed by atoms with Crippen molar-refractivity contribution in [3.8, 4) is 5.75 Å². The molecule has 0 saturated heterocycles. The number of rotatable bonds is 6. The first-order chi connectivity index (χ1) is 14.3. The number of nitrogens with zero attached hydrogens (tertiary/aromatic N) is 3. The van der Waals surface area contributed by atoms with E-state index >= 15 is 0 Å². The second kappa shape index (κ2) is 7.51. The SMILES string of the molecule is NC(=O)c1sccc1Nc1nc(Nc2cccc(OC(F)(F)F)c2)nc2[nH]ncc12. The van der Waals surface area contributed by atoms with Crippen molar-refractivity contribution in [2.24, 2.45) is 5.73 Å². The number of benzene rings is 1. The molecule has 9 nitrogen and oxygen atoms in total. The highest BCUT2D eigenvalue weighted by Gasteiger charge is 2.31. The molecule has 1 aromatic carbocycles. The summed E-state index contributed by atoms with van der Waals surface area (Å²) < 4.78 is 41.2. The number of fused-ring (bicyclic) bond motifs is 1. The number of carbonyl (C=O) groups excluding carboxylic acids is 1. The van der Waals surface area contributed by atoms with E-state index in [1.165, 1.54) is 35.7 Å². The molecule has 0 aliphatic carbocycles. The number of halogens is 3. The largest absolute Gasteiger partial charge is 0.573 e. The highest BCUT2D eigenvalue weighted by molar-refractivity contribution is 7.12. The molecule has 0 spiro atoms. The van der Waals surface area contributed by atoms with Crippen LogP contribution in [0.15, 0.2) is 41.9 Å². The van der Waals surface area contributed by atoms with Gasteiger partial charge in [0.15, 0.2) is 5.65 Å². The molecule has 4 rings (SSSR count). The Bertz CT molecular complexity index is 1220. The molecule has 1 amide bonds. The Balaban J connectivity index is 1.65. The minimum absolute atomic E-state index is 0.0780. The number of amides is 1. The summed E-state index contributed by atoms with van der Waals surface area (Å²) in [5.41, 5.74) is 6.47. The zero-order chi connectivity index (χ0) is 21.3. The molecule has 0 aliphatic heterocycles. The third kappa shape index (κ3) is 4.25. The molecule has 0 unspecified atom stereocenters. The van der Waals surface area contributed by atoms with E-state index in [0.717, 1.165) is 6.07 Å². The maximum Gasteiger partial charge on any atom is 0.573 e. The molecule has 3 aromatic heterocycles. The van der Waals surface area contributed by atoms with Gasteiger partial charge in [-0.2, -0.15) is 15.1 Å². The summed E-state index contributed by atoms with van der Waals surface area (Å²) in [7, 11) is 0. The van der Waals surface area contributed by atoms with Gasteiger partial charge in [0.2, 0.25) is 5.95 Å². The van der Waals surface area contributed by atoms with Gasteiger partial charge in [-0.25, -0.2) is 0 Å². The summed E-state index contributed by atoms with van der Waals surface area (Å²) in [6.45, 7) is 0. The minimum atomic E-state index is -4.81. The molecule has 3 heterocycles. The number of carbonyl (C=O) groups is 1. The predicted octanol–water partition coefficient (Wildman–Crippen LogP) is 3.90. The third-order valence-corrected chi connectivity index (χ3v) is 4.70. The Kier molecular flexibility index (Phi) is 4.87. The van der Waals surface area contributed by atoms with Gasteiger partial charge in [0, 0.05) is 11.8 Å². The molecule has 154 valence electrons. The molecule has 30 heavy (non-hydrogen) atoms. The van der Waals surface area contributed by atoms with Gasteiger partial charge in [-0.05, 0) is 23.6 Å². The monoisotopic (exact) mass is 435 g/mol. The van der Waals surface area contributed by atoms with Crippen molar-refractivity contribution in [3.05, 3.63) is 46.8 Å². The van der Waals surface area contributed by atoms with Crippen LogP contribution < -0.4 is 21.1 Å². The number of hydrogen-bond acceptors (Lipinski definition) is 8. The van der Waals surface area contributed by atoms with E-state index in [1.54, 1.807) is 11.4 Å². The van der Waals surface area contributed by atoms with Gasteiger partial charge in [-0.15, -0.1) is 24.5 Å². The molecule has 0 saturated carbocycles. The number of hydrogen-bond donors (Lipinski definition) is 4. The van der Waals surface area contributed by atoms with Crippen LogP contribution in [0.3, 0.4) is 0 Å². The molecule has 0 fully saturated rings. The van der Waals surface area contributed by atoms with E-state index in [1.807, 2.05) is 0 Å². The molecular formula is C17H12F3N7O2S. The van der Waals surface area contributed by atoms with Crippen molar-refractivity contribution in [2.45, 2.75) is 6.36 Å². The zero-order valence-corrected chi connectivity index (χ0v) is 15.6. The Morgan fingerprint density at radius 2 is 2.03 bits per heavy atom. The van der Waals surface area contributed by atoms with Crippen LogP contribution in [-0.4, -0.2) is 32.4 Å². The highest BCUT2D eigenvalue weighted by Crippen LogP contribution is 2.30. The average Bonchev–Trinajstić information content (AvgIpc) is 3.29. The van der Waals surface area contributed by atoms with Crippen LogP contribution in [0.5, 0.6) is 5.75 Å². The summed E-state index contributed by atoms with van der Waals surface area (Å²) in [4.78, 5) is 20.5. The van der Waals surface area contributed by atoms with E-state index in [9.17, 15) is 18.0 Å². The first-order valence-electron chi connectivity index (χ1n) is 8.27. The van der Waals surface area contributed by atoms with E-state index in [4.69, 9.17) is 5.73 Å². The van der Waals surface area contributed by atoms with Crippen molar-refractivity contribution in [1.82, 2.24) is 20.2 Å². The van der Waals surface area contributed by atoms with Gasteiger partial charge in [-0.1, -0.05) is 6.07 Å². The van der Waals surface area contributed by atoms with Crippen molar-refractivity contribution >= 4 is 51.4 Å². The number of primary amides is 1. The second-order valence-electron chi connectivity index (χ2n) is 5.88. The number of anilines is 4. The highest BCUT2D eigenvalue weighted by atomic mass is 32.1. The summed E-state index contributed by atoms with van der Waals surface area (Å²) in [5, 5.41) is 14.7. The number of ether oxygens (including phenoxy) is 1. The zero-order valence-electron chi connectivity index (χ0n) is 14.8. The van der Waals surface area contributed by atoms with E-state index in [2.05, 4.69) is 35.5 Å². The van der Waals surface area contributed by atoms with Gasteiger partial charge in [0.25, 0.3) is 5.91 Å². The maximum absolute atomic E-state index is 12.4. The number of thiophene rings is 1. The number of nitrogens with one attached hydrogen (secondary N) is 3. The lowest BCUT2D eigenvalue weighted by atomic mass is 10.3. The maximum atomic E-state index is 12.4. The molecule has 0 atom stereocenters. The quantitative estimate of drug-likeness (QED) is 0.361. The summed E-state index contributed by atoms with van der Waals surface area (Å²) in [6.07, 6.45) is -3.31. The summed E-state index contributed by atoms with van der Waals surface area (Å²) in [5.74, 6) is -0.586. The van der Waals surface area contributed by atoms with Crippen molar-refractivity contribution in [1.29, 1.82) is 0 Å². The number of aromatic amines is 1. The first kappa shape index (κ1) is 19.4. The molecule has 13 heteroatoms. The number of alkyl halides is 3. The van der Waals surface area contributed by atoms with Gasteiger partial charge in [-0.3, -0.25) is 9.89 Å². The van der Waals surface area contributed by atoms with Crippen LogP contribution in [0.25, 0.3) is 11.0 Å². The molecule has 0 radical (unpaired) electrons. The van der Waals surface area contributed by atoms with Gasteiger partial charge in [0.05, 0.1) is 17.3 Å². The second-order valence-corrected chi connectivity index (χ2v) is 6.80. The Labute approximate surface area is 170 Å². The first-order valence-corrected chi connectivity index (χ1v) is 9.15. The van der Waals surface area contributed by atoms with Crippen molar-refractivity contribution in [2.75, 3.05) is 10.6 Å². The normalized spacial score (nSPS) is 11.4. The molecule has 0 bridgehead atoms. The van der Waals surface area contributed by atoms with E-state index in [0.29, 0.717) is 27.4 Å². The molecule has 4 aromatic rings. The molecule has 5 N–H and O–H groups in total. The standard InChI is InChI=1S/C17H12F3N7O2S/c18-17(19,20)29-9-3-1-2-8(6-9)23-16-25-14(10-7-22-27-15(10)26-16)24-11-4-5-30-12(11)13(21)28/h1-7H,(H2,21,28)(H3,22,23,24,25,26,27). The van der Waals surface area contributed by atoms with Crippen molar-refractivity contribution in [3.63, 3.8) is 0 Å². The van der Waals surface area contributed by atoms with Gasteiger partial charge >= 0.3 is 6.36 Å². The lowest BCUT2D eigenvalue weighted by Gasteiger charge is -2.12. The number of nitrogens with two attached hydrogens (primary N) is 1. The topological polar surface area (TPSA) is 131 Å². The lowest BCUT2D eigenvalue weighted by Crippen LogP contribution is -2.17. The summed E-state index contributed by atoms with van der Waals surface area (Å²) >= 11 is 1.17. The van der Waals surface area contributed by atoms with Gasteiger partial charge < -0.3 is 21.1 Å². The van der Waals surface area contributed by atoms with Crippen LogP contribution in [0, 0.1) is 0 Å². The van der Waals surface area contributed by atoms with Crippen LogP contribution in [0.2, 0.25) is 0 Å². The lowest BCUT2D eigenvalue weighted by molar-refractivity contribution is -0.274. The fourth-order valence-electron chi connectivity index (χ4n) is 2.61. The molecular weight excluding hydrogens is 423 g/mol. The Morgan fingerprint density at radius 1 is 1.20 bits per heavy atom. The van der Waals surface area contributed by atoms with Crippen molar-refractivity contribution < 1.29 is 22.7 Å². The third-order valence-electron chi connectivity index (χ3n) is 3.78. The van der Waals surface area contributed by atoms with E-state index < -0.39 is 18.0 Å². The minimum Gasteiger partial charge on any atom is -0.406 e. The number of aromatic nitrogens is 4. The van der Waals surface area contributed by atoms with Crippen LogP contribution in [0.1, 0.15) is 9.67 Å². The Morgan fingerprint density at radius 3 is 2.80 bits per heavy atom. The average molecular weight is 435 g/mol.